The summed E-state index contributed by atoms with van der Waals surface area (Å²) < 4.78 is 24.3. The van der Waals surface area contributed by atoms with Gasteiger partial charge in [0.05, 0.1) is 10.6 Å². The smallest absolute Gasteiger partial charge is 0.255 e. The zero-order chi connectivity index (χ0) is 26.6. The number of carbonyl (C=O) groups is 2. The van der Waals surface area contributed by atoms with Crippen LogP contribution in [0.15, 0.2) is 41.4 Å². The van der Waals surface area contributed by atoms with Crippen LogP contribution in [0.4, 0.5) is 11.5 Å². The van der Waals surface area contributed by atoms with Gasteiger partial charge in [0.1, 0.15) is 0 Å². The van der Waals surface area contributed by atoms with Crippen LogP contribution in [0.1, 0.15) is 36.0 Å². The third-order valence-electron chi connectivity index (χ3n) is 7.05. The van der Waals surface area contributed by atoms with E-state index < -0.39 is 15.7 Å². The molecule has 2 aromatic rings. The second-order valence-corrected chi connectivity index (χ2v) is 12.4. The second kappa shape index (κ2) is 11.8. The maximum atomic E-state index is 12.9. The Morgan fingerprint density at radius 1 is 1.08 bits per heavy atom. The highest BCUT2D eigenvalue weighted by atomic mass is 35.5. The fourth-order valence-corrected chi connectivity index (χ4v) is 5.60. The molecular weight excluding hydrogens is 514 g/mol. The number of aromatic nitrogens is 1. The number of benzene rings is 1. The molecule has 1 aromatic carbocycles. The SMILES string of the molecule is CN1CCCN(C(=O)CC2CCN(c3ncc(S(C)(=O)=O)cc3NC(=O)c3cccc(Cl)c3)CC2)CC1. The summed E-state index contributed by atoms with van der Waals surface area (Å²) in [7, 11) is -1.43. The number of nitrogens with zero attached hydrogens (tertiary/aromatic N) is 4. The lowest BCUT2D eigenvalue weighted by Gasteiger charge is -2.34. The number of hydrogen-bond donors (Lipinski definition) is 1. The third kappa shape index (κ3) is 7.21. The molecule has 0 spiro atoms. The van der Waals surface area contributed by atoms with Crippen molar-refractivity contribution in [3.05, 3.63) is 47.1 Å². The van der Waals surface area contributed by atoms with Crippen LogP contribution >= 0.6 is 11.6 Å². The number of halogens is 1. The molecule has 11 heteroatoms. The molecule has 9 nitrogen and oxygen atoms in total. The molecule has 0 atom stereocenters. The van der Waals surface area contributed by atoms with Gasteiger partial charge in [0.2, 0.25) is 5.91 Å². The van der Waals surface area contributed by atoms with E-state index in [1.807, 2.05) is 9.80 Å². The van der Waals surface area contributed by atoms with Crippen LogP contribution in [0.5, 0.6) is 0 Å². The first-order valence-electron chi connectivity index (χ1n) is 12.6. The number of hydrogen-bond acceptors (Lipinski definition) is 7. The van der Waals surface area contributed by atoms with Crippen LogP contribution < -0.4 is 10.2 Å². The maximum Gasteiger partial charge on any atom is 0.255 e. The standard InChI is InChI=1S/C26H34ClN5O4S/c1-30-9-4-10-31(14-13-30)24(33)15-19-7-11-32(12-8-19)25-23(17-22(18-28-25)37(2,35)36)29-26(34)20-5-3-6-21(27)16-20/h3,5-6,16-19H,4,7-15H2,1-2H3,(H,29,34). The summed E-state index contributed by atoms with van der Waals surface area (Å²) in [6.07, 6.45) is 5.60. The molecule has 2 aliphatic rings. The Morgan fingerprint density at radius 3 is 2.54 bits per heavy atom. The summed E-state index contributed by atoms with van der Waals surface area (Å²) in [5.41, 5.74) is 0.691. The van der Waals surface area contributed by atoms with Crippen molar-refractivity contribution in [2.75, 3.05) is 62.8 Å². The molecule has 4 rings (SSSR count). The first-order valence-corrected chi connectivity index (χ1v) is 14.9. The van der Waals surface area contributed by atoms with Gasteiger partial charge in [0.15, 0.2) is 15.7 Å². The number of rotatable bonds is 6. The molecule has 1 N–H and O–H groups in total. The lowest BCUT2D eigenvalue weighted by atomic mass is 9.93. The Morgan fingerprint density at radius 2 is 1.84 bits per heavy atom. The average Bonchev–Trinajstić information content (AvgIpc) is 3.08. The summed E-state index contributed by atoms with van der Waals surface area (Å²) in [6, 6.07) is 8.00. The van der Waals surface area contributed by atoms with Gasteiger partial charge in [-0.15, -0.1) is 0 Å². The van der Waals surface area contributed by atoms with Crippen LogP contribution in [0.3, 0.4) is 0 Å². The number of sulfone groups is 1. The minimum absolute atomic E-state index is 0.0289. The monoisotopic (exact) mass is 547 g/mol. The van der Waals surface area contributed by atoms with Crippen LogP contribution in [0.25, 0.3) is 0 Å². The zero-order valence-electron chi connectivity index (χ0n) is 21.3. The van der Waals surface area contributed by atoms with Gasteiger partial charge in [0, 0.05) is 62.2 Å². The van der Waals surface area contributed by atoms with Crippen molar-refractivity contribution >= 4 is 44.8 Å². The van der Waals surface area contributed by atoms with Crippen molar-refractivity contribution in [1.82, 2.24) is 14.8 Å². The molecule has 2 saturated heterocycles. The van der Waals surface area contributed by atoms with Gasteiger partial charge < -0.3 is 20.0 Å². The highest BCUT2D eigenvalue weighted by Crippen LogP contribution is 2.31. The fourth-order valence-electron chi connectivity index (χ4n) is 4.83. The van der Waals surface area contributed by atoms with Gasteiger partial charge >= 0.3 is 0 Å². The molecule has 37 heavy (non-hydrogen) atoms. The molecule has 0 radical (unpaired) electrons. The van der Waals surface area contributed by atoms with Crippen molar-refractivity contribution < 1.29 is 18.0 Å². The van der Waals surface area contributed by atoms with E-state index in [0.29, 0.717) is 41.6 Å². The number of likely N-dealkylation sites (N-methyl/N-ethyl adjacent to an activating group) is 1. The van der Waals surface area contributed by atoms with Crippen LogP contribution in [0, 0.1) is 5.92 Å². The van der Waals surface area contributed by atoms with E-state index in [1.54, 1.807) is 24.3 Å². The van der Waals surface area contributed by atoms with Crippen molar-refractivity contribution in [3.63, 3.8) is 0 Å². The van der Waals surface area contributed by atoms with Gasteiger partial charge in [-0.1, -0.05) is 17.7 Å². The van der Waals surface area contributed by atoms with Crippen molar-refractivity contribution in [1.29, 1.82) is 0 Å². The second-order valence-electron chi connectivity index (χ2n) is 9.95. The van der Waals surface area contributed by atoms with E-state index in [2.05, 4.69) is 22.2 Å². The Kier molecular flexibility index (Phi) is 8.71. The lowest BCUT2D eigenvalue weighted by molar-refractivity contribution is -0.132. The van der Waals surface area contributed by atoms with Crippen LogP contribution in [-0.4, -0.2) is 87.6 Å². The Labute approximate surface area is 223 Å². The molecular formula is C26H34ClN5O4S. The minimum atomic E-state index is -3.52. The molecule has 0 aliphatic carbocycles. The molecule has 1 aromatic heterocycles. The Balaban J connectivity index is 1.45. The summed E-state index contributed by atoms with van der Waals surface area (Å²) in [5.74, 6) is 0.617. The highest BCUT2D eigenvalue weighted by Gasteiger charge is 2.27. The predicted octanol–water partition coefficient (Wildman–Crippen LogP) is 3.16. The first kappa shape index (κ1) is 27.3. The van der Waals surface area contributed by atoms with Gasteiger partial charge in [-0.3, -0.25) is 9.59 Å². The molecule has 3 heterocycles. The van der Waals surface area contributed by atoms with E-state index in [0.717, 1.165) is 51.7 Å². The first-order chi connectivity index (χ1) is 17.6. The topological polar surface area (TPSA) is 103 Å². The Hall–Kier alpha value is -2.69. The van der Waals surface area contributed by atoms with Crippen molar-refractivity contribution in [3.8, 4) is 0 Å². The number of pyridine rings is 1. The molecule has 200 valence electrons. The average molecular weight is 548 g/mol. The maximum absolute atomic E-state index is 12.9. The van der Waals surface area contributed by atoms with Crippen LogP contribution in [0.2, 0.25) is 5.02 Å². The zero-order valence-corrected chi connectivity index (χ0v) is 22.9. The van der Waals surface area contributed by atoms with Gasteiger partial charge in [-0.2, -0.15) is 0 Å². The normalized spacial score (nSPS) is 17.9. The largest absolute Gasteiger partial charge is 0.355 e. The van der Waals surface area contributed by atoms with E-state index >= 15 is 0 Å². The summed E-state index contributed by atoms with van der Waals surface area (Å²) in [4.78, 5) is 36.6. The summed E-state index contributed by atoms with van der Waals surface area (Å²) in [6.45, 7) is 4.83. The molecule has 0 saturated carbocycles. The van der Waals surface area contributed by atoms with Gasteiger partial charge in [-0.25, -0.2) is 13.4 Å². The van der Waals surface area contributed by atoms with Crippen LogP contribution in [-0.2, 0) is 14.6 Å². The third-order valence-corrected chi connectivity index (χ3v) is 8.37. The quantitative estimate of drug-likeness (QED) is 0.592. The Bertz CT molecular complexity index is 1250. The van der Waals surface area contributed by atoms with E-state index in [9.17, 15) is 18.0 Å². The molecule has 2 amide bonds. The summed E-state index contributed by atoms with van der Waals surface area (Å²) in [5, 5.41) is 3.26. The molecule has 0 unspecified atom stereocenters. The number of carbonyl (C=O) groups excluding carboxylic acids is 2. The van der Waals surface area contributed by atoms with E-state index in [-0.39, 0.29) is 16.7 Å². The molecule has 2 aliphatic heterocycles. The van der Waals surface area contributed by atoms with E-state index in [4.69, 9.17) is 11.6 Å². The summed E-state index contributed by atoms with van der Waals surface area (Å²) >= 11 is 6.03. The predicted molar refractivity (Wildman–Crippen MR) is 145 cm³/mol. The van der Waals surface area contributed by atoms with Crippen molar-refractivity contribution in [2.45, 2.75) is 30.6 Å². The van der Waals surface area contributed by atoms with Crippen molar-refractivity contribution in [2.24, 2.45) is 5.92 Å². The number of amides is 2. The number of piperidine rings is 1. The number of nitrogens with one attached hydrogen (secondary N) is 1. The minimum Gasteiger partial charge on any atom is -0.355 e. The van der Waals surface area contributed by atoms with Gasteiger partial charge in [-0.05, 0) is 63.0 Å². The van der Waals surface area contributed by atoms with E-state index in [1.165, 1.54) is 12.3 Å². The fraction of sp³-hybridized carbons (Fsp3) is 0.500. The molecule has 0 bridgehead atoms. The molecule has 2 fully saturated rings. The lowest BCUT2D eigenvalue weighted by Crippen LogP contribution is -2.39. The highest BCUT2D eigenvalue weighted by molar-refractivity contribution is 7.90. The number of anilines is 2. The van der Waals surface area contributed by atoms with Gasteiger partial charge in [0.25, 0.3) is 5.91 Å².